The highest BCUT2D eigenvalue weighted by molar-refractivity contribution is 5.78. The third kappa shape index (κ3) is 4.06. The maximum Gasteiger partial charge on any atom is 0.236 e. The summed E-state index contributed by atoms with van der Waals surface area (Å²) in [6.07, 6.45) is 3.96. The Hall–Kier alpha value is -1.36. The molecule has 1 aromatic heterocycles. The van der Waals surface area contributed by atoms with Gasteiger partial charge in [0.2, 0.25) is 5.91 Å². The molecule has 0 aliphatic carbocycles. The SMILES string of the molecule is CC(C)(C)NCC(=O)N1CCCC(c2ccn[nH]2)C1. The number of hydrogen-bond donors (Lipinski definition) is 2. The highest BCUT2D eigenvalue weighted by atomic mass is 16.2. The molecule has 1 unspecified atom stereocenters. The Balaban J connectivity index is 1.88. The summed E-state index contributed by atoms with van der Waals surface area (Å²) >= 11 is 0. The molecule has 0 saturated carbocycles. The molecule has 106 valence electrons. The van der Waals surface area contributed by atoms with Gasteiger partial charge in [-0.2, -0.15) is 5.10 Å². The molecule has 1 fully saturated rings. The number of hydrogen-bond acceptors (Lipinski definition) is 3. The number of piperidine rings is 1. The topological polar surface area (TPSA) is 61.0 Å². The molecule has 1 atom stereocenters. The Morgan fingerprint density at radius 1 is 1.58 bits per heavy atom. The Bertz CT molecular complexity index is 408. The van der Waals surface area contributed by atoms with E-state index in [0.717, 1.165) is 31.6 Å². The van der Waals surface area contributed by atoms with Gasteiger partial charge in [0.25, 0.3) is 0 Å². The average Bonchev–Trinajstić information content (AvgIpc) is 2.89. The molecule has 5 nitrogen and oxygen atoms in total. The normalized spacial score (nSPS) is 20.6. The summed E-state index contributed by atoms with van der Waals surface area (Å²) in [5.41, 5.74) is 1.12. The van der Waals surface area contributed by atoms with Gasteiger partial charge < -0.3 is 10.2 Å². The van der Waals surface area contributed by atoms with E-state index in [0.29, 0.717) is 12.5 Å². The molecule has 2 rings (SSSR count). The van der Waals surface area contributed by atoms with E-state index in [9.17, 15) is 4.79 Å². The van der Waals surface area contributed by atoms with Gasteiger partial charge in [-0.25, -0.2) is 0 Å². The molecular formula is C14H24N4O. The smallest absolute Gasteiger partial charge is 0.236 e. The quantitative estimate of drug-likeness (QED) is 0.870. The first kappa shape index (κ1) is 14.1. The molecule has 19 heavy (non-hydrogen) atoms. The van der Waals surface area contributed by atoms with Gasteiger partial charge in [-0.15, -0.1) is 0 Å². The van der Waals surface area contributed by atoms with Crippen molar-refractivity contribution in [2.45, 2.75) is 45.1 Å². The number of nitrogens with zero attached hydrogens (tertiary/aromatic N) is 2. The van der Waals surface area contributed by atoms with Gasteiger partial charge in [-0.05, 0) is 39.7 Å². The fraction of sp³-hybridized carbons (Fsp3) is 0.714. The van der Waals surface area contributed by atoms with Crippen LogP contribution in [0.15, 0.2) is 12.3 Å². The third-order valence-corrected chi connectivity index (χ3v) is 3.51. The van der Waals surface area contributed by atoms with Crippen molar-refractivity contribution in [1.82, 2.24) is 20.4 Å². The second-order valence-electron chi connectivity index (χ2n) is 6.29. The highest BCUT2D eigenvalue weighted by Gasteiger charge is 2.25. The number of rotatable bonds is 3. The van der Waals surface area contributed by atoms with Crippen molar-refractivity contribution in [3.8, 4) is 0 Å². The zero-order valence-corrected chi connectivity index (χ0v) is 12.1. The number of H-pyrrole nitrogens is 1. The summed E-state index contributed by atoms with van der Waals surface area (Å²) < 4.78 is 0. The maximum absolute atomic E-state index is 12.2. The molecule has 1 saturated heterocycles. The minimum Gasteiger partial charge on any atom is -0.341 e. The summed E-state index contributed by atoms with van der Waals surface area (Å²) in [5.74, 6) is 0.592. The standard InChI is InChI=1S/C14H24N4O/c1-14(2,3)15-9-13(19)18-8-4-5-11(10-18)12-6-7-16-17-12/h6-7,11,15H,4-5,8-10H2,1-3H3,(H,16,17). The molecule has 2 N–H and O–H groups in total. The van der Waals surface area contributed by atoms with Gasteiger partial charge in [0.05, 0.1) is 6.54 Å². The largest absolute Gasteiger partial charge is 0.341 e. The number of nitrogens with one attached hydrogen (secondary N) is 2. The number of likely N-dealkylation sites (tertiary alicyclic amines) is 1. The van der Waals surface area contributed by atoms with Crippen LogP contribution in [-0.2, 0) is 4.79 Å². The second kappa shape index (κ2) is 5.74. The summed E-state index contributed by atoms with van der Waals surface area (Å²) in [6.45, 7) is 8.30. The molecule has 0 radical (unpaired) electrons. The summed E-state index contributed by atoms with van der Waals surface area (Å²) in [5, 5.41) is 10.3. The van der Waals surface area contributed by atoms with Gasteiger partial charge >= 0.3 is 0 Å². The molecule has 1 aliphatic rings. The van der Waals surface area contributed by atoms with Crippen molar-refractivity contribution >= 4 is 5.91 Å². The van der Waals surface area contributed by atoms with E-state index in [-0.39, 0.29) is 11.4 Å². The predicted molar refractivity (Wildman–Crippen MR) is 74.9 cm³/mol. The Morgan fingerprint density at radius 3 is 3.00 bits per heavy atom. The first-order valence-corrected chi connectivity index (χ1v) is 6.98. The highest BCUT2D eigenvalue weighted by Crippen LogP contribution is 2.25. The number of amides is 1. The van der Waals surface area contributed by atoms with Crippen LogP contribution >= 0.6 is 0 Å². The lowest BCUT2D eigenvalue weighted by Crippen LogP contribution is -2.47. The first-order chi connectivity index (χ1) is 8.96. The van der Waals surface area contributed by atoms with E-state index in [4.69, 9.17) is 0 Å². The van der Waals surface area contributed by atoms with E-state index in [1.807, 2.05) is 11.0 Å². The van der Waals surface area contributed by atoms with Crippen LogP contribution in [0.25, 0.3) is 0 Å². The van der Waals surface area contributed by atoms with Crippen LogP contribution in [0, 0.1) is 0 Å². The van der Waals surface area contributed by atoms with E-state index in [1.54, 1.807) is 6.20 Å². The van der Waals surface area contributed by atoms with E-state index in [1.165, 1.54) is 0 Å². The lowest BCUT2D eigenvalue weighted by Gasteiger charge is -2.33. The van der Waals surface area contributed by atoms with Gasteiger partial charge in [0.15, 0.2) is 0 Å². The summed E-state index contributed by atoms with van der Waals surface area (Å²) in [4.78, 5) is 14.2. The maximum atomic E-state index is 12.2. The molecule has 0 aromatic carbocycles. The lowest BCUT2D eigenvalue weighted by atomic mass is 9.95. The average molecular weight is 264 g/mol. The molecule has 1 aromatic rings. The van der Waals surface area contributed by atoms with Crippen molar-refractivity contribution in [3.05, 3.63) is 18.0 Å². The Labute approximate surface area is 114 Å². The Morgan fingerprint density at radius 2 is 2.37 bits per heavy atom. The predicted octanol–water partition coefficient (Wildman–Crippen LogP) is 1.50. The molecular weight excluding hydrogens is 240 g/mol. The van der Waals surface area contributed by atoms with Gasteiger partial charge in [0.1, 0.15) is 0 Å². The van der Waals surface area contributed by atoms with E-state index in [2.05, 4.69) is 36.3 Å². The molecule has 2 heterocycles. The van der Waals surface area contributed by atoms with Crippen molar-refractivity contribution < 1.29 is 4.79 Å². The van der Waals surface area contributed by atoms with E-state index < -0.39 is 0 Å². The van der Waals surface area contributed by atoms with Crippen molar-refractivity contribution in [2.75, 3.05) is 19.6 Å². The molecule has 0 bridgehead atoms. The zero-order chi connectivity index (χ0) is 13.9. The zero-order valence-electron chi connectivity index (χ0n) is 12.1. The van der Waals surface area contributed by atoms with Gasteiger partial charge in [0, 0.05) is 36.4 Å². The van der Waals surface area contributed by atoms with Crippen molar-refractivity contribution in [1.29, 1.82) is 0 Å². The number of aromatic nitrogens is 2. The fourth-order valence-electron chi connectivity index (χ4n) is 2.40. The van der Waals surface area contributed by atoms with Crippen LogP contribution < -0.4 is 5.32 Å². The minimum absolute atomic E-state index is 0.0196. The monoisotopic (exact) mass is 264 g/mol. The minimum atomic E-state index is -0.0196. The van der Waals surface area contributed by atoms with Crippen molar-refractivity contribution in [2.24, 2.45) is 0 Å². The molecule has 5 heteroatoms. The summed E-state index contributed by atoms with van der Waals surface area (Å²) in [7, 11) is 0. The van der Waals surface area contributed by atoms with E-state index >= 15 is 0 Å². The van der Waals surface area contributed by atoms with Crippen LogP contribution in [0.5, 0.6) is 0 Å². The molecule has 1 aliphatic heterocycles. The number of carbonyl (C=O) groups is 1. The van der Waals surface area contributed by atoms with Crippen LogP contribution in [0.2, 0.25) is 0 Å². The third-order valence-electron chi connectivity index (χ3n) is 3.51. The van der Waals surface area contributed by atoms with Crippen LogP contribution in [0.3, 0.4) is 0 Å². The van der Waals surface area contributed by atoms with Crippen molar-refractivity contribution in [3.63, 3.8) is 0 Å². The summed E-state index contributed by atoms with van der Waals surface area (Å²) in [6, 6.07) is 2.01. The van der Waals surface area contributed by atoms with Crippen LogP contribution in [0.4, 0.5) is 0 Å². The second-order valence-corrected chi connectivity index (χ2v) is 6.29. The molecule has 0 spiro atoms. The first-order valence-electron chi connectivity index (χ1n) is 6.98. The van der Waals surface area contributed by atoms with Crippen LogP contribution in [0.1, 0.15) is 45.2 Å². The molecule has 1 amide bonds. The lowest BCUT2D eigenvalue weighted by molar-refractivity contribution is -0.131. The fourth-order valence-corrected chi connectivity index (χ4v) is 2.40. The Kier molecular flexibility index (Phi) is 4.24. The van der Waals surface area contributed by atoms with Gasteiger partial charge in [-0.1, -0.05) is 0 Å². The van der Waals surface area contributed by atoms with Gasteiger partial charge in [-0.3, -0.25) is 9.89 Å². The number of aromatic amines is 1. The van der Waals surface area contributed by atoms with Crippen LogP contribution in [-0.4, -0.2) is 46.2 Å². The number of carbonyl (C=O) groups excluding carboxylic acids is 1.